The van der Waals surface area contributed by atoms with Crippen LogP contribution in [0.15, 0.2) is 72.8 Å². The summed E-state index contributed by atoms with van der Waals surface area (Å²) in [4.78, 5) is 16.8. The molecular formula is C25H22F3N5O3. The highest BCUT2D eigenvalue weighted by atomic mass is 19.4. The number of nitrogens with zero attached hydrogens (tertiary/aromatic N) is 3. The summed E-state index contributed by atoms with van der Waals surface area (Å²) in [5.41, 5.74) is 1.17. The van der Waals surface area contributed by atoms with Crippen LogP contribution in [0.4, 0.5) is 29.3 Å². The molecular weight excluding hydrogens is 475 g/mol. The molecule has 36 heavy (non-hydrogen) atoms. The van der Waals surface area contributed by atoms with Crippen LogP contribution in [0.5, 0.6) is 11.8 Å². The Bertz CT molecular complexity index is 1350. The second kappa shape index (κ2) is 10.4. The Labute approximate surface area is 204 Å². The van der Waals surface area contributed by atoms with Crippen molar-refractivity contribution in [1.82, 2.24) is 14.8 Å². The average molecular weight is 497 g/mol. The molecule has 4 aromatic rings. The monoisotopic (exact) mass is 497 g/mol. The molecule has 186 valence electrons. The molecule has 0 saturated carbocycles. The first-order valence-corrected chi connectivity index (χ1v) is 10.9. The van der Waals surface area contributed by atoms with E-state index in [0.717, 1.165) is 12.1 Å². The lowest BCUT2D eigenvalue weighted by molar-refractivity contribution is -0.137. The van der Waals surface area contributed by atoms with Gasteiger partial charge in [-0.2, -0.15) is 18.2 Å². The van der Waals surface area contributed by atoms with Crippen LogP contribution in [0.1, 0.15) is 12.5 Å². The van der Waals surface area contributed by atoms with Gasteiger partial charge < -0.3 is 20.1 Å². The van der Waals surface area contributed by atoms with Crippen LogP contribution >= 0.6 is 0 Å². The Hall–Kier alpha value is -4.54. The first kappa shape index (κ1) is 24.6. The molecule has 2 N–H and O–H groups in total. The van der Waals surface area contributed by atoms with Gasteiger partial charge in [-0.25, -0.2) is 9.48 Å². The van der Waals surface area contributed by atoms with Gasteiger partial charge in [0.2, 0.25) is 0 Å². The number of carbonyl (C=O) groups excluding carboxylic acids is 1. The number of urea groups is 1. The molecule has 4 rings (SSSR count). The topological polar surface area (TPSA) is 90.3 Å². The van der Waals surface area contributed by atoms with Crippen LogP contribution in [0, 0.1) is 0 Å². The van der Waals surface area contributed by atoms with Crippen LogP contribution in [0.3, 0.4) is 0 Å². The van der Waals surface area contributed by atoms with E-state index in [1.54, 1.807) is 55.5 Å². The van der Waals surface area contributed by atoms with Gasteiger partial charge in [0.05, 0.1) is 25.0 Å². The standard InChI is InChI=1S/C25H22F3N5O3/c1-3-36-24-31-22(16-10-12-17(13-11-16)25(26,27)28)33(32-24)20-8-4-6-18(14-20)29-23(34)30-19-7-5-9-21(15-19)35-2/h4-15H,3H2,1-2H3,(H2,29,30,34). The van der Waals surface area contributed by atoms with E-state index in [1.165, 1.54) is 23.9 Å². The van der Waals surface area contributed by atoms with Crippen molar-refractivity contribution in [2.75, 3.05) is 24.4 Å². The van der Waals surface area contributed by atoms with E-state index < -0.39 is 17.8 Å². The van der Waals surface area contributed by atoms with E-state index in [9.17, 15) is 18.0 Å². The minimum Gasteiger partial charge on any atom is -0.497 e. The lowest BCUT2D eigenvalue weighted by atomic mass is 10.1. The number of hydrogen-bond acceptors (Lipinski definition) is 5. The summed E-state index contributed by atoms with van der Waals surface area (Å²) < 4.78 is 51.0. The van der Waals surface area contributed by atoms with E-state index in [2.05, 4.69) is 20.7 Å². The summed E-state index contributed by atoms with van der Waals surface area (Å²) in [5, 5.41) is 9.81. The molecule has 1 aromatic heterocycles. The zero-order valence-corrected chi connectivity index (χ0v) is 19.3. The third kappa shape index (κ3) is 5.74. The molecule has 3 aromatic carbocycles. The second-order valence-corrected chi connectivity index (χ2v) is 7.50. The third-order valence-corrected chi connectivity index (χ3v) is 5.01. The fraction of sp³-hybridized carbons (Fsp3) is 0.160. The van der Waals surface area contributed by atoms with Gasteiger partial charge in [0.1, 0.15) is 5.75 Å². The van der Waals surface area contributed by atoms with Crippen molar-refractivity contribution < 1.29 is 27.4 Å². The first-order chi connectivity index (χ1) is 17.3. The largest absolute Gasteiger partial charge is 0.497 e. The number of halogens is 3. The van der Waals surface area contributed by atoms with E-state index in [4.69, 9.17) is 9.47 Å². The number of benzene rings is 3. The van der Waals surface area contributed by atoms with E-state index in [0.29, 0.717) is 35.0 Å². The number of aromatic nitrogens is 3. The third-order valence-electron chi connectivity index (χ3n) is 5.01. The van der Waals surface area contributed by atoms with Gasteiger partial charge in [-0.05, 0) is 49.4 Å². The molecule has 2 amide bonds. The number of anilines is 2. The minimum atomic E-state index is -4.45. The van der Waals surface area contributed by atoms with E-state index in [1.807, 2.05) is 0 Å². The van der Waals surface area contributed by atoms with Crippen LogP contribution in [-0.4, -0.2) is 34.5 Å². The summed E-state index contributed by atoms with van der Waals surface area (Å²) >= 11 is 0. The van der Waals surface area contributed by atoms with Crippen molar-refractivity contribution in [2.45, 2.75) is 13.1 Å². The maximum Gasteiger partial charge on any atom is 0.416 e. The van der Waals surface area contributed by atoms with Crippen LogP contribution in [0.25, 0.3) is 17.1 Å². The molecule has 0 fully saturated rings. The molecule has 0 radical (unpaired) electrons. The first-order valence-electron chi connectivity index (χ1n) is 10.9. The zero-order valence-electron chi connectivity index (χ0n) is 19.3. The summed E-state index contributed by atoms with van der Waals surface area (Å²) in [6.45, 7) is 2.08. The molecule has 0 spiro atoms. The van der Waals surface area contributed by atoms with Gasteiger partial charge in [0.15, 0.2) is 5.82 Å². The predicted molar refractivity (Wildman–Crippen MR) is 129 cm³/mol. The molecule has 11 heteroatoms. The lowest BCUT2D eigenvalue weighted by Gasteiger charge is -2.11. The number of hydrogen-bond donors (Lipinski definition) is 2. The highest BCUT2D eigenvalue weighted by molar-refractivity contribution is 6.00. The molecule has 0 aliphatic rings. The van der Waals surface area contributed by atoms with Gasteiger partial charge in [0, 0.05) is 23.0 Å². The maximum atomic E-state index is 13.0. The Balaban J connectivity index is 1.60. The smallest absolute Gasteiger partial charge is 0.416 e. The number of amides is 2. The van der Waals surface area contributed by atoms with Gasteiger partial charge in [0.25, 0.3) is 0 Å². The fourth-order valence-corrected chi connectivity index (χ4v) is 3.37. The number of methoxy groups -OCH3 is 1. The normalized spacial score (nSPS) is 11.1. The molecule has 0 bridgehead atoms. The quantitative estimate of drug-likeness (QED) is 0.327. The number of alkyl halides is 3. The van der Waals surface area contributed by atoms with Crippen molar-refractivity contribution in [3.8, 4) is 28.8 Å². The van der Waals surface area contributed by atoms with Crippen LogP contribution < -0.4 is 20.1 Å². The molecule has 0 unspecified atom stereocenters. The van der Waals surface area contributed by atoms with Gasteiger partial charge in [-0.15, -0.1) is 5.10 Å². The zero-order chi connectivity index (χ0) is 25.7. The van der Waals surface area contributed by atoms with Crippen molar-refractivity contribution >= 4 is 17.4 Å². The highest BCUT2D eigenvalue weighted by Crippen LogP contribution is 2.32. The summed E-state index contributed by atoms with van der Waals surface area (Å²) in [6, 6.07) is 17.9. The Morgan fingerprint density at radius 3 is 2.28 bits per heavy atom. The molecule has 8 nitrogen and oxygen atoms in total. The van der Waals surface area contributed by atoms with Gasteiger partial charge in [-0.1, -0.05) is 24.3 Å². The number of rotatable bonds is 7. The second-order valence-electron chi connectivity index (χ2n) is 7.50. The van der Waals surface area contributed by atoms with Crippen molar-refractivity contribution in [2.24, 2.45) is 0 Å². The van der Waals surface area contributed by atoms with E-state index in [-0.39, 0.29) is 11.8 Å². The highest BCUT2D eigenvalue weighted by Gasteiger charge is 2.30. The SMILES string of the molecule is CCOc1nc(-c2ccc(C(F)(F)F)cc2)n(-c2cccc(NC(=O)Nc3cccc(OC)c3)c2)n1. The summed E-state index contributed by atoms with van der Waals surface area (Å²) in [6.07, 6.45) is -4.45. The van der Waals surface area contributed by atoms with Crippen LogP contribution in [0.2, 0.25) is 0 Å². The summed E-state index contributed by atoms with van der Waals surface area (Å²) in [7, 11) is 1.53. The Morgan fingerprint density at radius 2 is 1.64 bits per heavy atom. The number of carbonyl (C=O) groups is 1. The number of nitrogens with one attached hydrogen (secondary N) is 2. The average Bonchev–Trinajstić information content (AvgIpc) is 3.28. The molecule has 0 saturated heterocycles. The molecule has 0 aliphatic heterocycles. The van der Waals surface area contributed by atoms with E-state index >= 15 is 0 Å². The van der Waals surface area contributed by atoms with Crippen LogP contribution in [-0.2, 0) is 6.18 Å². The van der Waals surface area contributed by atoms with Crippen molar-refractivity contribution in [1.29, 1.82) is 0 Å². The van der Waals surface area contributed by atoms with Gasteiger partial charge >= 0.3 is 18.2 Å². The number of ether oxygens (including phenoxy) is 2. The molecule has 0 aliphatic carbocycles. The predicted octanol–water partition coefficient (Wildman–Crippen LogP) is 6.00. The summed E-state index contributed by atoms with van der Waals surface area (Å²) in [5.74, 6) is 0.882. The van der Waals surface area contributed by atoms with Crippen molar-refractivity contribution in [3.05, 3.63) is 78.4 Å². The Morgan fingerprint density at radius 1 is 0.972 bits per heavy atom. The minimum absolute atomic E-state index is 0.0709. The Kier molecular flexibility index (Phi) is 7.09. The van der Waals surface area contributed by atoms with Gasteiger partial charge in [-0.3, -0.25) is 0 Å². The van der Waals surface area contributed by atoms with Crippen molar-refractivity contribution in [3.63, 3.8) is 0 Å². The molecule has 1 heterocycles. The lowest BCUT2D eigenvalue weighted by Crippen LogP contribution is -2.19. The molecule has 0 atom stereocenters. The maximum absolute atomic E-state index is 13.0. The fourth-order valence-electron chi connectivity index (χ4n) is 3.37.